The molecule has 0 aliphatic heterocycles. The lowest BCUT2D eigenvalue weighted by Crippen LogP contribution is -2.19. The van der Waals surface area contributed by atoms with Gasteiger partial charge in [0.1, 0.15) is 0 Å². The molecule has 0 bridgehead atoms. The van der Waals surface area contributed by atoms with Crippen molar-refractivity contribution in [3.63, 3.8) is 0 Å². The lowest BCUT2D eigenvalue weighted by molar-refractivity contribution is 0.100. The highest BCUT2D eigenvalue weighted by atomic mass is 32.1. The number of nitrogens with two attached hydrogens (primary N) is 2. The maximum Gasteiger partial charge on any atom is 0.248 e. The highest BCUT2D eigenvalue weighted by Gasteiger charge is 2.09. The molecule has 0 aliphatic carbocycles. The number of carbonyl (C=O) groups is 1. The van der Waals surface area contributed by atoms with Crippen LogP contribution in [0.4, 0.5) is 11.4 Å². The number of primary amides is 1. The Hall–Kier alpha value is -2.01. The van der Waals surface area contributed by atoms with Gasteiger partial charge in [0.2, 0.25) is 5.91 Å². The number of nitrogen functional groups attached to an aromatic ring is 1. The van der Waals surface area contributed by atoms with E-state index in [1.807, 2.05) is 6.07 Å². The number of anilines is 2. The predicted molar refractivity (Wildman–Crippen MR) is 80.5 cm³/mol. The summed E-state index contributed by atoms with van der Waals surface area (Å²) in [4.78, 5) is 12.5. The number of amides is 1. The molecule has 0 aliphatic rings. The Morgan fingerprint density at radius 2 is 2.21 bits per heavy atom. The number of carbonyl (C=O) groups excluding carboxylic acids is 1. The molecule has 0 fully saturated rings. The van der Waals surface area contributed by atoms with Gasteiger partial charge < -0.3 is 16.8 Å². The van der Waals surface area contributed by atoms with Crippen LogP contribution in [0.1, 0.15) is 22.2 Å². The normalized spacial score (nSPS) is 12.1. The van der Waals surface area contributed by atoms with Crippen LogP contribution in [0.2, 0.25) is 0 Å². The van der Waals surface area contributed by atoms with Gasteiger partial charge >= 0.3 is 0 Å². The fraction of sp³-hybridized carbons (Fsp3) is 0.214. The molecule has 1 aromatic heterocycles. The average molecular weight is 275 g/mol. The van der Waals surface area contributed by atoms with E-state index in [1.54, 1.807) is 29.5 Å². The Morgan fingerprint density at radius 3 is 2.84 bits per heavy atom. The molecule has 0 spiro atoms. The molecule has 2 aromatic rings. The lowest BCUT2D eigenvalue weighted by Gasteiger charge is -2.16. The van der Waals surface area contributed by atoms with Crippen LogP contribution in [0.15, 0.2) is 35.7 Å². The first-order valence-corrected chi connectivity index (χ1v) is 6.92. The highest BCUT2D eigenvalue weighted by molar-refractivity contribution is 7.09. The van der Waals surface area contributed by atoms with Crippen molar-refractivity contribution in [1.29, 1.82) is 0 Å². The molecule has 0 saturated carbocycles. The first-order chi connectivity index (χ1) is 9.06. The van der Waals surface area contributed by atoms with Crippen molar-refractivity contribution < 1.29 is 4.79 Å². The van der Waals surface area contributed by atoms with Gasteiger partial charge in [-0.05, 0) is 36.6 Å². The summed E-state index contributed by atoms with van der Waals surface area (Å²) in [7, 11) is 0. The van der Waals surface area contributed by atoms with Gasteiger partial charge in [0.15, 0.2) is 0 Å². The molecule has 100 valence electrons. The molecule has 5 N–H and O–H groups in total. The minimum Gasteiger partial charge on any atom is -0.397 e. The number of thiophene rings is 1. The molecule has 1 aromatic carbocycles. The Morgan fingerprint density at radius 1 is 1.42 bits per heavy atom. The zero-order valence-corrected chi connectivity index (χ0v) is 11.5. The van der Waals surface area contributed by atoms with Gasteiger partial charge in [-0.15, -0.1) is 11.3 Å². The Kier molecular flexibility index (Phi) is 4.06. The largest absolute Gasteiger partial charge is 0.397 e. The van der Waals surface area contributed by atoms with Crippen LogP contribution >= 0.6 is 11.3 Å². The minimum absolute atomic E-state index is 0.226. The predicted octanol–water partition coefficient (Wildman–Crippen LogP) is 2.47. The molecule has 4 nitrogen and oxygen atoms in total. The van der Waals surface area contributed by atoms with E-state index in [0.29, 0.717) is 11.3 Å². The van der Waals surface area contributed by atoms with Crippen LogP contribution in [0.25, 0.3) is 0 Å². The van der Waals surface area contributed by atoms with Crippen molar-refractivity contribution in [2.24, 2.45) is 5.73 Å². The van der Waals surface area contributed by atoms with Crippen LogP contribution in [0.5, 0.6) is 0 Å². The number of nitrogens with one attached hydrogen (secondary N) is 1. The summed E-state index contributed by atoms with van der Waals surface area (Å²) in [5, 5.41) is 5.38. The number of benzene rings is 1. The summed E-state index contributed by atoms with van der Waals surface area (Å²) in [6.45, 7) is 2.08. The Labute approximate surface area is 116 Å². The molecule has 5 heteroatoms. The summed E-state index contributed by atoms with van der Waals surface area (Å²) >= 11 is 1.73. The van der Waals surface area contributed by atoms with E-state index in [1.165, 1.54) is 4.88 Å². The van der Waals surface area contributed by atoms with Crippen LogP contribution in [0.3, 0.4) is 0 Å². The molecule has 1 atom stereocenters. The van der Waals surface area contributed by atoms with E-state index in [9.17, 15) is 4.79 Å². The molecular formula is C14H17N3OS. The first-order valence-electron chi connectivity index (χ1n) is 6.04. The summed E-state index contributed by atoms with van der Waals surface area (Å²) in [5.74, 6) is -0.450. The van der Waals surface area contributed by atoms with E-state index < -0.39 is 5.91 Å². The topological polar surface area (TPSA) is 81.1 Å². The molecule has 2 rings (SSSR count). The number of rotatable bonds is 5. The van der Waals surface area contributed by atoms with Gasteiger partial charge in [-0.3, -0.25) is 4.79 Å². The second-order valence-electron chi connectivity index (χ2n) is 4.50. The van der Waals surface area contributed by atoms with Crippen LogP contribution in [-0.4, -0.2) is 11.9 Å². The van der Waals surface area contributed by atoms with E-state index >= 15 is 0 Å². The Balaban J connectivity index is 2.09. The summed E-state index contributed by atoms with van der Waals surface area (Å²) in [5.41, 5.74) is 13.0. The Bertz CT molecular complexity index is 566. The third kappa shape index (κ3) is 3.48. The van der Waals surface area contributed by atoms with Crippen molar-refractivity contribution in [2.45, 2.75) is 19.4 Å². The maximum absolute atomic E-state index is 11.2. The van der Waals surface area contributed by atoms with Gasteiger partial charge in [0, 0.05) is 22.9 Å². The maximum atomic E-state index is 11.2. The van der Waals surface area contributed by atoms with Crippen molar-refractivity contribution in [1.82, 2.24) is 0 Å². The van der Waals surface area contributed by atoms with Gasteiger partial charge in [-0.25, -0.2) is 0 Å². The number of hydrogen-bond acceptors (Lipinski definition) is 4. The molecule has 1 amide bonds. The fourth-order valence-electron chi connectivity index (χ4n) is 1.88. The first kappa shape index (κ1) is 13.4. The summed E-state index contributed by atoms with van der Waals surface area (Å²) in [6, 6.07) is 9.39. The molecule has 1 heterocycles. The standard InChI is InChI=1S/C14H17N3OS/c1-9(7-11-3-2-6-19-11)17-13-8-10(14(16)18)4-5-12(13)15/h2-6,8-9,17H,7,15H2,1H3,(H2,16,18). The molecule has 0 saturated heterocycles. The zero-order valence-electron chi connectivity index (χ0n) is 10.7. The van der Waals surface area contributed by atoms with E-state index in [0.717, 1.165) is 12.1 Å². The molecule has 0 radical (unpaired) electrons. The van der Waals surface area contributed by atoms with E-state index in [-0.39, 0.29) is 6.04 Å². The second kappa shape index (κ2) is 5.75. The van der Waals surface area contributed by atoms with Crippen molar-refractivity contribution >= 4 is 28.6 Å². The van der Waals surface area contributed by atoms with Crippen LogP contribution in [0, 0.1) is 0 Å². The van der Waals surface area contributed by atoms with Gasteiger partial charge in [0.05, 0.1) is 11.4 Å². The van der Waals surface area contributed by atoms with E-state index in [4.69, 9.17) is 11.5 Å². The third-order valence-corrected chi connectivity index (χ3v) is 3.73. The van der Waals surface area contributed by atoms with Gasteiger partial charge in [-0.2, -0.15) is 0 Å². The van der Waals surface area contributed by atoms with Gasteiger partial charge in [-0.1, -0.05) is 6.07 Å². The SMILES string of the molecule is CC(Cc1cccs1)Nc1cc(C(N)=O)ccc1N. The van der Waals surface area contributed by atoms with E-state index in [2.05, 4.69) is 23.7 Å². The average Bonchev–Trinajstić information content (AvgIpc) is 2.84. The van der Waals surface area contributed by atoms with Crippen LogP contribution in [-0.2, 0) is 6.42 Å². The van der Waals surface area contributed by atoms with Crippen molar-refractivity contribution in [3.05, 3.63) is 46.2 Å². The third-order valence-electron chi connectivity index (χ3n) is 2.83. The molecule has 1 unspecified atom stereocenters. The quantitative estimate of drug-likeness (QED) is 0.733. The fourth-order valence-corrected chi connectivity index (χ4v) is 2.72. The summed E-state index contributed by atoms with van der Waals surface area (Å²) < 4.78 is 0. The molecule has 19 heavy (non-hydrogen) atoms. The molecular weight excluding hydrogens is 258 g/mol. The second-order valence-corrected chi connectivity index (χ2v) is 5.53. The smallest absolute Gasteiger partial charge is 0.248 e. The summed E-state index contributed by atoms with van der Waals surface area (Å²) in [6.07, 6.45) is 0.915. The van der Waals surface area contributed by atoms with Crippen LogP contribution < -0.4 is 16.8 Å². The zero-order chi connectivity index (χ0) is 13.8. The minimum atomic E-state index is -0.450. The number of hydrogen-bond donors (Lipinski definition) is 3. The van der Waals surface area contributed by atoms with Gasteiger partial charge in [0.25, 0.3) is 0 Å². The monoisotopic (exact) mass is 275 g/mol. The highest BCUT2D eigenvalue weighted by Crippen LogP contribution is 2.22. The lowest BCUT2D eigenvalue weighted by atomic mass is 10.1. The van der Waals surface area contributed by atoms with Crippen molar-refractivity contribution in [3.8, 4) is 0 Å². The van der Waals surface area contributed by atoms with Crippen molar-refractivity contribution in [2.75, 3.05) is 11.1 Å².